The first kappa shape index (κ1) is 13.0. The third kappa shape index (κ3) is 3.52. The SMILES string of the molecule is COCc1nc(-c2ccc(NCC(=O)O)cc2)no1. The van der Waals surface area contributed by atoms with Gasteiger partial charge in [-0.05, 0) is 24.3 Å². The molecule has 2 N–H and O–H groups in total. The maximum Gasteiger partial charge on any atom is 0.322 e. The molecular weight excluding hydrogens is 250 g/mol. The van der Waals surface area contributed by atoms with Crippen molar-refractivity contribution in [2.75, 3.05) is 19.0 Å². The van der Waals surface area contributed by atoms with E-state index in [4.69, 9.17) is 14.4 Å². The summed E-state index contributed by atoms with van der Waals surface area (Å²) >= 11 is 0. The average Bonchev–Trinajstić information content (AvgIpc) is 2.86. The maximum absolute atomic E-state index is 10.4. The Morgan fingerprint density at radius 2 is 2.16 bits per heavy atom. The zero-order valence-corrected chi connectivity index (χ0v) is 10.3. The highest BCUT2D eigenvalue weighted by atomic mass is 16.5. The van der Waals surface area contributed by atoms with Crippen LogP contribution in [0.1, 0.15) is 5.89 Å². The number of carboxylic acid groups (broad SMARTS) is 1. The summed E-state index contributed by atoms with van der Waals surface area (Å²) in [6, 6.07) is 7.08. The Kier molecular flexibility index (Phi) is 4.09. The molecule has 7 heteroatoms. The van der Waals surface area contributed by atoms with Crippen LogP contribution in [0.25, 0.3) is 11.4 Å². The quantitative estimate of drug-likeness (QED) is 0.812. The first-order valence-electron chi connectivity index (χ1n) is 5.56. The van der Waals surface area contributed by atoms with E-state index in [1.807, 2.05) is 0 Å². The number of carboxylic acids is 1. The van der Waals surface area contributed by atoms with Crippen molar-refractivity contribution in [3.05, 3.63) is 30.2 Å². The number of benzene rings is 1. The molecule has 0 spiro atoms. The lowest BCUT2D eigenvalue weighted by Gasteiger charge is -2.03. The van der Waals surface area contributed by atoms with Crippen molar-refractivity contribution in [2.45, 2.75) is 6.61 Å². The summed E-state index contributed by atoms with van der Waals surface area (Å²) in [6.07, 6.45) is 0. The summed E-state index contributed by atoms with van der Waals surface area (Å²) in [6.45, 7) is 0.144. The van der Waals surface area contributed by atoms with E-state index in [1.165, 1.54) is 0 Å². The third-order valence-corrected chi connectivity index (χ3v) is 2.32. The van der Waals surface area contributed by atoms with Crippen LogP contribution in [0.15, 0.2) is 28.8 Å². The molecule has 1 heterocycles. The first-order chi connectivity index (χ1) is 9.19. The van der Waals surface area contributed by atoms with Crippen LogP contribution in [-0.4, -0.2) is 34.9 Å². The van der Waals surface area contributed by atoms with Crippen LogP contribution in [0.3, 0.4) is 0 Å². The van der Waals surface area contributed by atoms with Crippen molar-refractivity contribution >= 4 is 11.7 Å². The molecule has 0 bridgehead atoms. The molecule has 2 aromatic rings. The van der Waals surface area contributed by atoms with Gasteiger partial charge in [0.2, 0.25) is 5.82 Å². The van der Waals surface area contributed by atoms with Gasteiger partial charge in [-0.25, -0.2) is 0 Å². The van der Waals surface area contributed by atoms with Gasteiger partial charge in [-0.3, -0.25) is 4.79 Å². The van der Waals surface area contributed by atoms with Gasteiger partial charge in [0, 0.05) is 18.4 Å². The highest BCUT2D eigenvalue weighted by Gasteiger charge is 2.08. The number of anilines is 1. The highest BCUT2D eigenvalue weighted by molar-refractivity contribution is 5.73. The fourth-order valence-corrected chi connectivity index (χ4v) is 1.47. The molecule has 0 fully saturated rings. The van der Waals surface area contributed by atoms with Crippen LogP contribution < -0.4 is 5.32 Å². The van der Waals surface area contributed by atoms with E-state index in [9.17, 15) is 4.79 Å². The van der Waals surface area contributed by atoms with Gasteiger partial charge in [-0.1, -0.05) is 5.16 Å². The van der Waals surface area contributed by atoms with Crippen LogP contribution in [0.4, 0.5) is 5.69 Å². The molecule has 0 unspecified atom stereocenters. The number of nitrogens with zero attached hydrogens (tertiary/aromatic N) is 2. The summed E-state index contributed by atoms with van der Waals surface area (Å²) in [5.74, 6) is -0.0335. The van der Waals surface area contributed by atoms with Crippen molar-refractivity contribution in [1.29, 1.82) is 0 Å². The zero-order valence-electron chi connectivity index (χ0n) is 10.3. The number of aliphatic carboxylic acids is 1. The molecule has 0 radical (unpaired) electrons. The number of ether oxygens (including phenoxy) is 1. The van der Waals surface area contributed by atoms with Crippen LogP contribution in [-0.2, 0) is 16.1 Å². The van der Waals surface area contributed by atoms with Gasteiger partial charge in [0.1, 0.15) is 13.2 Å². The molecule has 0 atom stereocenters. The van der Waals surface area contributed by atoms with Crippen molar-refractivity contribution in [3.63, 3.8) is 0 Å². The summed E-state index contributed by atoms with van der Waals surface area (Å²) in [5, 5.41) is 15.1. The van der Waals surface area contributed by atoms with E-state index in [0.717, 1.165) is 5.56 Å². The van der Waals surface area contributed by atoms with E-state index in [1.54, 1.807) is 31.4 Å². The van der Waals surface area contributed by atoms with Crippen LogP contribution in [0.5, 0.6) is 0 Å². The monoisotopic (exact) mass is 263 g/mol. The summed E-state index contributed by atoms with van der Waals surface area (Å²) in [7, 11) is 1.55. The molecule has 1 aromatic heterocycles. The predicted octanol–water partition coefficient (Wildman–Crippen LogP) is 1.38. The minimum atomic E-state index is -0.911. The normalized spacial score (nSPS) is 10.4. The Morgan fingerprint density at radius 3 is 2.79 bits per heavy atom. The second-order valence-electron chi connectivity index (χ2n) is 3.77. The lowest BCUT2D eigenvalue weighted by atomic mass is 10.2. The first-order valence-corrected chi connectivity index (χ1v) is 5.56. The minimum absolute atomic E-state index is 0.125. The van der Waals surface area contributed by atoms with Gasteiger partial charge in [-0.2, -0.15) is 4.98 Å². The van der Waals surface area contributed by atoms with Crippen LogP contribution >= 0.6 is 0 Å². The fourth-order valence-electron chi connectivity index (χ4n) is 1.47. The molecule has 100 valence electrons. The van der Waals surface area contributed by atoms with Crippen molar-refractivity contribution in [1.82, 2.24) is 10.1 Å². The number of aromatic nitrogens is 2. The molecule has 0 aliphatic carbocycles. The lowest BCUT2D eigenvalue weighted by molar-refractivity contribution is -0.134. The number of hydrogen-bond donors (Lipinski definition) is 2. The van der Waals surface area contributed by atoms with Gasteiger partial charge in [0.15, 0.2) is 0 Å². The van der Waals surface area contributed by atoms with E-state index in [2.05, 4.69) is 15.5 Å². The van der Waals surface area contributed by atoms with Crippen LogP contribution in [0.2, 0.25) is 0 Å². The van der Waals surface area contributed by atoms with Gasteiger partial charge in [-0.15, -0.1) is 0 Å². The number of methoxy groups -OCH3 is 1. The number of rotatable bonds is 6. The molecule has 1 aromatic carbocycles. The molecule has 0 aliphatic rings. The topological polar surface area (TPSA) is 97.5 Å². The Labute approximate surface area is 109 Å². The molecule has 0 saturated heterocycles. The van der Waals surface area contributed by atoms with Gasteiger partial charge in [0.25, 0.3) is 5.89 Å². The van der Waals surface area contributed by atoms with E-state index in [-0.39, 0.29) is 13.2 Å². The zero-order chi connectivity index (χ0) is 13.7. The van der Waals surface area contributed by atoms with Gasteiger partial charge >= 0.3 is 5.97 Å². The number of hydrogen-bond acceptors (Lipinski definition) is 6. The van der Waals surface area contributed by atoms with Crippen molar-refractivity contribution in [3.8, 4) is 11.4 Å². The number of carbonyl (C=O) groups is 1. The maximum atomic E-state index is 10.4. The Balaban J connectivity index is 2.06. The molecule has 7 nitrogen and oxygen atoms in total. The second kappa shape index (κ2) is 5.96. The Morgan fingerprint density at radius 1 is 1.42 bits per heavy atom. The van der Waals surface area contributed by atoms with Crippen LogP contribution in [0, 0.1) is 0 Å². The summed E-state index contributed by atoms with van der Waals surface area (Å²) < 4.78 is 9.88. The second-order valence-corrected chi connectivity index (χ2v) is 3.77. The van der Waals surface area contributed by atoms with E-state index < -0.39 is 5.97 Å². The van der Waals surface area contributed by atoms with Gasteiger partial charge in [0.05, 0.1) is 0 Å². The van der Waals surface area contributed by atoms with Crippen molar-refractivity contribution in [2.24, 2.45) is 0 Å². The van der Waals surface area contributed by atoms with Crippen molar-refractivity contribution < 1.29 is 19.2 Å². The third-order valence-electron chi connectivity index (χ3n) is 2.32. The molecular formula is C12H13N3O4. The molecule has 19 heavy (non-hydrogen) atoms. The fraction of sp³-hybridized carbons (Fsp3) is 0.250. The molecule has 0 amide bonds. The largest absolute Gasteiger partial charge is 0.480 e. The summed E-state index contributed by atoms with van der Waals surface area (Å²) in [5.41, 5.74) is 1.50. The standard InChI is InChI=1S/C12H13N3O4/c1-18-7-10-14-12(15-19-10)8-2-4-9(5-3-8)13-6-11(16)17/h2-5,13H,6-7H2,1H3,(H,16,17). The highest BCUT2D eigenvalue weighted by Crippen LogP contribution is 2.18. The average molecular weight is 263 g/mol. The Bertz CT molecular complexity index is 550. The molecule has 0 saturated carbocycles. The smallest absolute Gasteiger partial charge is 0.322 e. The molecule has 2 rings (SSSR count). The lowest BCUT2D eigenvalue weighted by Crippen LogP contribution is -2.11. The van der Waals surface area contributed by atoms with E-state index in [0.29, 0.717) is 17.4 Å². The van der Waals surface area contributed by atoms with E-state index >= 15 is 0 Å². The number of nitrogens with one attached hydrogen (secondary N) is 1. The minimum Gasteiger partial charge on any atom is -0.480 e. The summed E-state index contributed by atoms with van der Waals surface area (Å²) in [4.78, 5) is 14.6. The predicted molar refractivity (Wildman–Crippen MR) is 66.6 cm³/mol. The van der Waals surface area contributed by atoms with Gasteiger partial charge < -0.3 is 19.7 Å². The molecule has 0 aliphatic heterocycles. The Hall–Kier alpha value is -2.41.